The van der Waals surface area contributed by atoms with Crippen molar-refractivity contribution in [1.82, 2.24) is 15.0 Å². The number of benzene rings is 1. The Morgan fingerprint density at radius 3 is 2.47 bits per heavy atom. The van der Waals surface area contributed by atoms with Crippen molar-refractivity contribution in [3.8, 4) is 11.1 Å². The highest BCUT2D eigenvalue weighted by Gasteiger charge is 2.43. The number of rotatable bonds is 6. The number of sulfone groups is 1. The Balaban J connectivity index is 1.89. The molecule has 0 saturated heterocycles. The molecule has 3 aromatic rings. The first kappa shape index (κ1) is 21.5. The number of aromatic amines is 1. The summed E-state index contributed by atoms with van der Waals surface area (Å²) in [6.07, 6.45) is 2.23. The number of hydrogen-bond donors (Lipinski definition) is 3. The smallest absolute Gasteiger partial charge is 0.264 e. The van der Waals surface area contributed by atoms with Gasteiger partial charge in [-0.1, -0.05) is 6.07 Å². The van der Waals surface area contributed by atoms with Crippen molar-refractivity contribution in [3.63, 3.8) is 0 Å². The molecule has 0 aliphatic heterocycles. The van der Waals surface area contributed by atoms with Crippen LogP contribution in [0.3, 0.4) is 0 Å². The Morgan fingerprint density at radius 2 is 1.83 bits per heavy atom. The van der Waals surface area contributed by atoms with Crippen LogP contribution in [0.5, 0.6) is 0 Å². The van der Waals surface area contributed by atoms with Crippen LogP contribution < -0.4 is 16.6 Å². The average Bonchev–Trinajstić information content (AvgIpc) is 2.70. The van der Waals surface area contributed by atoms with Crippen molar-refractivity contribution < 1.29 is 18.4 Å². The van der Waals surface area contributed by atoms with Gasteiger partial charge >= 0.3 is 0 Å². The second kappa shape index (κ2) is 7.88. The maximum atomic E-state index is 12.5. The van der Waals surface area contributed by atoms with E-state index in [0.717, 1.165) is 17.2 Å². The van der Waals surface area contributed by atoms with E-state index >= 15 is 0 Å². The van der Waals surface area contributed by atoms with Crippen LogP contribution in [0, 0.1) is 0 Å². The van der Waals surface area contributed by atoms with Gasteiger partial charge in [0.1, 0.15) is 0 Å². The molecule has 0 radical (unpaired) electrons. The lowest BCUT2D eigenvalue weighted by atomic mass is 10.0. The minimum absolute atomic E-state index is 0.0327. The van der Waals surface area contributed by atoms with Crippen molar-refractivity contribution in [3.05, 3.63) is 69.4 Å². The number of amides is 1. The zero-order valence-electron chi connectivity index (χ0n) is 16.4. The largest absolute Gasteiger partial charge is 0.322 e. The summed E-state index contributed by atoms with van der Waals surface area (Å²) in [5.74, 6) is -1.05. The van der Waals surface area contributed by atoms with Crippen LogP contribution in [0.25, 0.3) is 22.0 Å². The SMILES string of the molecule is CC(CCn1ccc(-c2ccc3[nH]c(=O)ccc3c2)cc1=O)(C(=O)NO)S(C)(=O)=O. The van der Waals surface area contributed by atoms with Crippen molar-refractivity contribution in [2.75, 3.05) is 6.26 Å². The van der Waals surface area contributed by atoms with Gasteiger partial charge in [0.15, 0.2) is 14.6 Å². The third-order valence-electron chi connectivity index (χ3n) is 5.28. The lowest BCUT2D eigenvalue weighted by molar-refractivity contribution is -0.131. The molecular weight excluding hydrogens is 410 g/mol. The summed E-state index contributed by atoms with van der Waals surface area (Å²) >= 11 is 0. The molecule has 0 spiro atoms. The third kappa shape index (κ3) is 4.05. The Labute approximate surface area is 171 Å². The van der Waals surface area contributed by atoms with E-state index < -0.39 is 20.5 Å². The minimum Gasteiger partial charge on any atom is -0.322 e. The minimum atomic E-state index is -3.85. The topological polar surface area (TPSA) is 138 Å². The van der Waals surface area contributed by atoms with Crippen LogP contribution >= 0.6 is 0 Å². The highest BCUT2D eigenvalue weighted by Crippen LogP contribution is 2.24. The van der Waals surface area contributed by atoms with Gasteiger partial charge in [-0.2, -0.15) is 0 Å². The van der Waals surface area contributed by atoms with E-state index in [1.807, 2.05) is 6.07 Å². The predicted molar refractivity (Wildman–Crippen MR) is 112 cm³/mol. The van der Waals surface area contributed by atoms with Crippen molar-refractivity contribution >= 4 is 26.6 Å². The van der Waals surface area contributed by atoms with Crippen LogP contribution in [-0.2, 0) is 21.2 Å². The molecular formula is C20H21N3O6S. The van der Waals surface area contributed by atoms with Crippen molar-refractivity contribution in [1.29, 1.82) is 0 Å². The van der Waals surface area contributed by atoms with Gasteiger partial charge in [0, 0.05) is 36.6 Å². The predicted octanol–water partition coefficient (Wildman–Crippen LogP) is 1.06. The number of aromatic nitrogens is 2. The molecule has 3 rings (SSSR count). The zero-order valence-corrected chi connectivity index (χ0v) is 17.2. The third-order valence-corrected chi connectivity index (χ3v) is 7.31. The highest BCUT2D eigenvalue weighted by atomic mass is 32.2. The molecule has 0 saturated carbocycles. The van der Waals surface area contributed by atoms with Gasteiger partial charge in [-0.25, -0.2) is 13.9 Å². The molecule has 9 nitrogen and oxygen atoms in total. The van der Waals surface area contributed by atoms with Crippen LogP contribution in [-0.4, -0.2) is 40.1 Å². The fourth-order valence-corrected chi connectivity index (χ4v) is 3.97. The molecule has 10 heteroatoms. The fraction of sp³-hybridized carbons (Fsp3) is 0.250. The maximum absolute atomic E-state index is 12.5. The maximum Gasteiger partial charge on any atom is 0.264 e. The molecule has 158 valence electrons. The Morgan fingerprint density at radius 1 is 1.13 bits per heavy atom. The number of fused-ring (bicyclic) bond motifs is 1. The van der Waals surface area contributed by atoms with Crippen LogP contribution in [0.1, 0.15) is 13.3 Å². The zero-order chi connectivity index (χ0) is 22.1. The molecule has 0 bridgehead atoms. The van der Waals surface area contributed by atoms with Gasteiger partial charge in [0.2, 0.25) is 5.56 Å². The van der Waals surface area contributed by atoms with Gasteiger partial charge in [-0.05, 0) is 54.1 Å². The van der Waals surface area contributed by atoms with Gasteiger partial charge in [-0.15, -0.1) is 0 Å². The molecule has 3 N–H and O–H groups in total. The quantitative estimate of drug-likeness (QED) is 0.394. The summed E-state index contributed by atoms with van der Waals surface area (Å²) in [5.41, 5.74) is 2.93. The van der Waals surface area contributed by atoms with Crippen LogP contribution in [0.15, 0.2) is 58.3 Å². The number of hydroxylamine groups is 1. The molecule has 30 heavy (non-hydrogen) atoms. The van der Waals surface area contributed by atoms with Gasteiger partial charge in [0.05, 0.1) is 0 Å². The molecule has 1 amide bonds. The van der Waals surface area contributed by atoms with E-state index in [4.69, 9.17) is 5.21 Å². The van der Waals surface area contributed by atoms with Crippen molar-refractivity contribution in [2.24, 2.45) is 0 Å². The second-order valence-corrected chi connectivity index (χ2v) is 9.71. The second-order valence-electron chi connectivity index (χ2n) is 7.27. The first-order valence-electron chi connectivity index (χ1n) is 9.03. The Bertz CT molecular complexity index is 1340. The molecule has 0 aliphatic rings. The summed E-state index contributed by atoms with van der Waals surface area (Å²) in [5, 5.41) is 9.70. The van der Waals surface area contributed by atoms with E-state index in [1.165, 1.54) is 35.3 Å². The highest BCUT2D eigenvalue weighted by molar-refractivity contribution is 7.92. The van der Waals surface area contributed by atoms with Crippen LogP contribution in [0.4, 0.5) is 0 Å². The summed E-state index contributed by atoms with van der Waals surface area (Å²) in [6, 6.07) is 11.6. The summed E-state index contributed by atoms with van der Waals surface area (Å²) in [7, 11) is -3.85. The lowest BCUT2D eigenvalue weighted by Crippen LogP contribution is -2.49. The van der Waals surface area contributed by atoms with Gasteiger partial charge in [-0.3, -0.25) is 19.6 Å². The van der Waals surface area contributed by atoms with E-state index in [1.54, 1.807) is 24.3 Å². The van der Waals surface area contributed by atoms with E-state index in [-0.39, 0.29) is 24.1 Å². The normalized spacial score (nSPS) is 13.7. The molecule has 0 fully saturated rings. The van der Waals surface area contributed by atoms with Crippen LogP contribution in [0.2, 0.25) is 0 Å². The molecule has 1 atom stereocenters. The first-order valence-corrected chi connectivity index (χ1v) is 10.9. The average molecular weight is 431 g/mol. The van der Waals surface area contributed by atoms with Gasteiger partial charge < -0.3 is 9.55 Å². The first-order chi connectivity index (χ1) is 14.0. The van der Waals surface area contributed by atoms with E-state index in [9.17, 15) is 22.8 Å². The molecule has 2 aromatic heterocycles. The Hall–Kier alpha value is -3.24. The standard InChI is InChI=1S/C20H21N3O6S/c1-20(19(26)22-27,30(2,28)29)8-10-23-9-7-14(12-18(23)25)13-3-5-16-15(11-13)4-6-17(24)21-16/h3-7,9,11-12,27H,8,10H2,1-2H3,(H,21,24)(H,22,26). The summed E-state index contributed by atoms with van der Waals surface area (Å²) < 4.78 is 23.5. The summed E-state index contributed by atoms with van der Waals surface area (Å²) in [4.78, 5) is 38.6. The molecule has 2 heterocycles. The summed E-state index contributed by atoms with van der Waals surface area (Å²) in [6.45, 7) is 1.17. The number of aryl methyl sites for hydroxylation is 1. The fourth-order valence-electron chi connectivity index (χ4n) is 3.13. The number of pyridine rings is 2. The van der Waals surface area contributed by atoms with Gasteiger partial charge in [0.25, 0.3) is 11.5 Å². The number of nitrogens with zero attached hydrogens (tertiary/aromatic N) is 1. The number of carbonyl (C=O) groups excluding carboxylic acids is 1. The van der Waals surface area contributed by atoms with Crippen molar-refractivity contribution in [2.45, 2.75) is 24.6 Å². The number of nitrogens with one attached hydrogen (secondary N) is 2. The van der Waals surface area contributed by atoms with E-state index in [0.29, 0.717) is 11.1 Å². The number of hydrogen-bond acceptors (Lipinski definition) is 6. The molecule has 1 aromatic carbocycles. The van der Waals surface area contributed by atoms with E-state index in [2.05, 4.69) is 4.98 Å². The molecule has 0 aliphatic carbocycles. The number of H-pyrrole nitrogens is 1. The monoisotopic (exact) mass is 431 g/mol. The lowest BCUT2D eigenvalue weighted by Gasteiger charge is -2.25. The molecule has 1 unspecified atom stereocenters. The number of carbonyl (C=O) groups is 1. The Kier molecular flexibility index (Phi) is 5.64.